The molecular weight excluding hydrogens is 443 g/mol. The quantitative estimate of drug-likeness (QED) is 0.558. The average Bonchev–Trinajstić information content (AvgIpc) is 2.72. The van der Waals surface area contributed by atoms with Crippen LogP contribution in [0, 0.1) is 5.82 Å². The van der Waals surface area contributed by atoms with E-state index in [0.717, 1.165) is 4.31 Å². The summed E-state index contributed by atoms with van der Waals surface area (Å²) in [4.78, 5) is 12.5. The second kappa shape index (κ2) is 9.47. The summed E-state index contributed by atoms with van der Waals surface area (Å²) in [6.07, 6.45) is 0. The van der Waals surface area contributed by atoms with Crippen LogP contribution in [0.1, 0.15) is 15.9 Å². The summed E-state index contributed by atoms with van der Waals surface area (Å²) in [5.41, 5.74) is 1.26. The number of nitrogens with zero attached hydrogens (tertiary/aromatic N) is 1. The van der Waals surface area contributed by atoms with Crippen molar-refractivity contribution in [2.75, 3.05) is 19.4 Å². The SMILES string of the molecule is CN(C)S(=O)(=O)c1cc(C(=O)Nc2cccc(OCc3cccc(F)c3)c2)ccc1Cl. The number of carbonyl (C=O) groups is 1. The minimum atomic E-state index is -3.81. The zero-order chi connectivity index (χ0) is 22.6. The molecule has 0 aliphatic carbocycles. The zero-order valence-electron chi connectivity index (χ0n) is 16.8. The first-order valence-corrected chi connectivity index (χ1v) is 11.0. The third-order valence-corrected chi connectivity index (χ3v) is 6.64. The normalized spacial score (nSPS) is 11.4. The van der Waals surface area contributed by atoms with Crippen molar-refractivity contribution in [2.45, 2.75) is 11.5 Å². The van der Waals surface area contributed by atoms with E-state index in [4.69, 9.17) is 16.3 Å². The molecule has 31 heavy (non-hydrogen) atoms. The van der Waals surface area contributed by atoms with Crippen LogP contribution in [0.2, 0.25) is 5.02 Å². The Hall–Kier alpha value is -2.94. The second-order valence-corrected chi connectivity index (χ2v) is 9.36. The Morgan fingerprint density at radius 2 is 1.81 bits per heavy atom. The summed E-state index contributed by atoms with van der Waals surface area (Å²) < 4.78 is 44.8. The Balaban J connectivity index is 1.74. The molecule has 0 fully saturated rings. The van der Waals surface area contributed by atoms with E-state index in [1.54, 1.807) is 36.4 Å². The molecule has 0 aliphatic heterocycles. The Morgan fingerprint density at radius 3 is 2.52 bits per heavy atom. The van der Waals surface area contributed by atoms with E-state index in [2.05, 4.69) is 5.32 Å². The molecule has 0 atom stereocenters. The van der Waals surface area contributed by atoms with E-state index in [0.29, 0.717) is 17.0 Å². The molecule has 3 rings (SSSR count). The molecule has 0 saturated heterocycles. The van der Waals surface area contributed by atoms with Gasteiger partial charge in [-0.15, -0.1) is 0 Å². The van der Waals surface area contributed by atoms with E-state index in [-0.39, 0.29) is 27.9 Å². The van der Waals surface area contributed by atoms with Crippen LogP contribution in [0.5, 0.6) is 5.75 Å². The van der Waals surface area contributed by atoms with Crippen molar-refractivity contribution in [3.63, 3.8) is 0 Å². The number of anilines is 1. The maximum atomic E-state index is 13.3. The first-order chi connectivity index (χ1) is 14.7. The van der Waals surface area contributed by atoms with Crippen LogP contribution in [-0.4, -0.2) is 32.7 Å². The number of ether oxygens (including phenoxy) is 1. The summed E-state index contributed by atoms with van der Waals surface area (Å²) in [7, 11) is -1.04. The maximum absolute atomic E-state index is 13.3. The molecule has 1 N–H and O–H groups in total. The Kier molecular flexibility index (Phi) is 6.94. The summed E-state index contributed by atoms with van der Waals surface area (Å²) in [6.45, 7) is 0.165. The molecule has 3 aromatic rings. The molecule has 0 radical (unpaired) electrons. The van der Waals surface area contributed by atoms with Crippen molar-refractivity contribution in [2.24, 2.45) is 0 Å². The van der Waals surface area contributed by atoms with Crippen molar-refractivity contribution in [1.82, 2.24) is 4.31 Å². The lowest BCUT2D eigenvalue weighted by Crippen LogP contribution is -2.23. The molecule has 6 nitrogen and oxygen atoms in total. The monoisotopic (exact) mass is 462 g/mol. The number of amides is 1. The Morgan fingerprint density at radius 1 is 1.06 bits per heavy atom. The topological polar surface area (TPSA) is 75.7 Å². The minimum Gasteiger partial charge on any atom is -0.489 e. The fraction of sp³-hybridized carbons (Fsp3) is 0.136. The van der Waals surface area contributed by atoms with Gasteiger partial charge in [-0.1, -0.05) is 29.8 Å². The third kappa shape index (κ3) is 5.61. The van der Waals surface area contributed by atoms with Gasteiger partial charge in [0, 0.05) is 31.4 Å². The fourth-order valence-electron chi connectivity index (χ4n) is 2.70. The molecule has 0 aromatic heterocycles. The van der Waals surface area contributed by atoms with Gasteiger partial charge in [-0.05, 0) is 48.0 Å². The summed E-state index contributed by atoms with van der Waals surface area (Å²) in [5, 5.41) is 2.73. The minimum absolute atomic E-state index is 0.0259. The van der Waals surface area contributed by atoms with Gasteiger partial charge in [0.2, 0.25) is 10.0 Å². The number of hydrogen-bond acceptors (Lipinski definition) is 4. The predicted octanol–water partition coefficient (Wildman–Crippen LogP) is 4.56. The lowest BCUT2D eigenvalue weighted by Gasteiger charge is -2.14. The van der Waals surface area contributed by atoms with Crippen LogP contribution in [0.25, 0.3) is 0 Å². The lowest BCUT2D eigenvalue weighted by atomic mass is 10.2. The Bertz CT molecular complexity index is 1220. The van der Waals surface area contributed by atoms with E-state index in [9.17, 15) is 17.6 Å². The van der Waals surface area contributed by atoms with Gasteiger partial charge in [-0.2, -0.15) is 0 Å². The number of rotatable bonds is 7. The summed E-state index contributed by atoms with van der Waals surface area (Å²) in [5.74, 6) is -0.371. The highest BCUT2D eigenvalue weighted by Crippen LogP contribution is 2.26. The predicted molar refractivity (Wildman–Crippen MR) is 117 cm³/mol. The second-order valence-electron chi connectivity index (χ2n) is 6.83. The van der Waals surface area contributed by atoms with Gasteiger partial charge in [0.25, 0.3) is 5.91 Å². The Labute approximate surface area is 185 Å². The molecule has 9 heteroatoms. The molecule has 0 unspecified atom stereocenters. The van der Waals surface area contributed by atoms with Crippen molar-refractivity contribution in [1.29, 1.82) is 0 Å². The first kappa shape index (κ1) is 22.7. The number of halogens is 2. The standard InChI is InChI=1S/C22H20ClFN2O4S/c1-26(2)31(28,29)21-12-16(9-10-20(21)23)22(27)25-18-7-4-8-19(13-18)30-14-15-5-3-6-17(24)11-15/h3-13H,14H2,1-2H3,(H,25,27). The van der Waals surface area contributed by atoms with Crippen LogP contribution in [0.15, 0.2) is 71.6 Å². The molecule has 0 bridgehead atoms. The van der Waals surface area contributed by atoms with E-state index in [1.165, 1.54) is 44.4 Å². The molecular formula is C22H20ClFN2O4S. The summed E-state index contributed by atoms with van der Waals surface area (Å²) in [6, 6.07) is 16.8. The van der Waals surface area contributed by atoms with Crippen LogP contribution >= 0.6 is 11.6 Å². The van der Waals surface area contributed by atoms with Crippen molar-refractivity contribution < 1.29 is 22.3 Å². The fourth-order valence-corrected chi connectivity index (χ4v) is 4.09. The van der Waals surface area contributed by atoms with Crippen molar-refractivity contribution in [3.05, 3.63) is 88.7 Å². The highest BCUT2D eigenvalue weighted by Gasteiger charge is 2.22. The van der Waals surface area contributed by atoms with Gasteiger partial charge >= 0.3 is 0 Å². The highest BCUT2D eigenvalue weighted by molar-refractivity contribution is 7.89. The first-order valence-electron chi connectivity index (χ1n) is 9.17. The molecule has 0 aliphatic rings. The van der Waals surface area contributed by atoms with Crippen LogP contribution in [0.4, 0.5) is 10.1 Å². The van der Waals surface area contributed by atoms with Gasteiger partial charge in [-0.3, -0.25) is 4.79 Å². The van der Waals surface area contributed by atoms with Crippen molar-refractivity contribution in [3.8, 4) is 5.75 Å². The number of benzene rings is 3. The number of carbonyl (C=O) groups excluding carboxylic acids is 1. The van der Waals surface area contributed by atoms with Crippen molar-refractivity contribution >= 4 is 33.2 Å². The molecule has 0 heterocycles. The van der Waals surface area contributed by atoms with Crippen LogP contribution in [0.3, 0.4) is 0 Å². The average molecular weight is 463 g/mol. The van der Waals surface area contributed by atoms with Crippen LogP contribution in [-0.2, 0) is 16.6 Å². The van der Waals surface area contributed by atoms with Gasteiger partial charge in [-0.25, -0.2) is 17.1 Å². The zero-order valence-corrected chi connectivity index (χ0v) is 18.4. The molecule has 162 valence electrons. The lowest BCUT2D eigenvalue weighted by molar-refractivity contribution is 0.102. The van der Waals surface area contributed by atoms with Crippen LogP contribution < -0.4 is 10.1 Å². The molecule has 0 saturated carbocycles. The van der Waals surface area contributed by atoms with Gasteiger partial charge in [0.15, 0.2) is 0 Å². The van der Waals surface area contributed by atoms with Gasteiger partial charge in [0.05, 0.1) is 5.02 Å². The number of hydrogen-bond donors (Lipinski definition) is 1. The van der Waals surface area contributed by atoms with E-state index >= 15 is 0 Å². The van der Waals surface area contributed by atoms with Gasteiger partial charge < -0.3 is 10.1 Å². The highest BCUT2D eigenvalue weighted by atomic mass is 35.5. The maximum Gasteiger partial charge on any atom is 0.255 e. The smallest absolute Gasteiger partial charge is 0.255 e. The van der Waals surface area contributed by atoms with Gasteiger partial charge in [0.1, 0.15) is 23.1 Å². The largest absolute Gasteiger partial charge is 0.489 e. The van der Waals surface area contributed by atoms with E-state index in [1.807, 2.05) is 0 Å². The van der Waals surface area contributed by atoms with E-state index < -0.39 is 15.9 Å². The third-order valence-electron chi connectivity index (χ3n) is 4.34. The summed E-state index contributed by atoms with van der Waals surface area (Å²) >= 11 is 6.03. The molecule has 3 aromatic carbocycles. The number of nitrogens with one attached hydrogen (secondary N) is 1. The molecule has 0 spiro atoms. The molecule has 1 amide bonds. The number of sulfonamides is 1.